The Morgan fingerprint density at radius 3 is 2.71 bits per heavy atom. The molecule has 0 radical (unpaired) electrons. The van der Waals surface area contributed by atoms with Gasteiger partial charge in [-0.1, -0.05) is 19.1 Å². The Labute approximate surface area is 128 Å². The van der Waals surface area contributed by atoms with Crippen molar-refractivity contribution in [3.63, 3.8) is 0 Å². The van der Waals surface area contributed by atoms with E-state index in [2.05, 4.69) is 17.2 Å². The van der Waals surface area contributed by atoms with Crippen molar-refractivity contribution in [2.45, 2.75) is 24.3 Å². The molecule has 0 aliphatic rings. The van der Waals surface area contributed by atoms with E-state index >= 15 is 0 Å². The number of thioether (sulfide) groups is 1. The average molecular weight is 308 g/mol. The Kier molecular flexibility index (Phi) is 6.14. The highest BCUT2D eigenvalue weighted by molar-refractivity contribution is 7.99. The van der Waals surface area contributed by atoms with Gasteiger partial charge in [0.15, 0.2) is 0 Å². The minimum Gasteiger partial charge on any atom is -0.309 e. The summed E-state index contributed by atoms with van der Waals surface area (Å²) in [4.78, 5) is 4.35. The second kappa shape index (κ2) is 8.10. The van der Waals surface area contributed by atoms with Crippen LogP contribution in [-0.4, -0.2) is 17.3 Å². The standard InChI is InChI=1S/C16H18F2N2S/c1-2-8-20-15(12-7-9-19-10-14(12)18)11-21-16-6-4-3-5-13(16)17/h3-7,9-10,15,20H,2,8,11H2,1H3. The Hall–Kier alpha value is -1.46. The Morgan fingerprint density at radius 2 is 2.00 bits per heavy atom. The van der Waals surface area contributed by atoms with Crippen LogP contribution in [0.1, 0.15) is 24.9 Å². The number of halogens is 2. The monoisotopic (exact) mass is 308 g/mol. The lowest BCUT2D eigenvalue weighted by atomic mass is 10.1. The largest absolute Gasteiger partial charge is 0.309 e. The third-order valence-electron chi connectivity index (χ3n) is 3.06. The molecule has 0 fully saturated rings. The van der Waals surface area contributed by atoms with E-state index in [1.54, 1.807) is 30.5 Å². The van der Waals surface area contributed by atoms with Gasteiger partial charge in [0.25, 0.3) is 0 Å². The van der Waals surface area contributed by atoms with Crippen LogP contribution in [0, 0.1) is 11.6 Å². The topological polar surface area (TPSA) is 24.9 Å². The Morgan fingerprint density at radius 1 is 1.19 bits per heavy atom. The molecule has 21 heavy (non-hydrogen) atoms. The van der Waals surface area contributed by atoms with Crippen LogP contribution < -0.4 is 5.32 Å². The third-order valence-corrected chi connectivity index (χ3v) is 4.20. The maximum Gasteiger partial charge on any atom is 0.146 e. The van der Waals surface area contributed by atoms with Crippen molar-refractivity contribution in [2.75, 3.05) is 12.3 Å². The maximum atomic E-state index is 13.9. The molecule has 1 aromatic heterocycles. The number of nitrogens with one attached hydrogen (secondary N) is 1. The van der Waals surface area contributed by atoms with Gasteiger partial charge < -0.3 is 5.32 Å². The predicted octanol–water partition coefficient (Wildman–Crippen LogP) is 4.19. The van der Waals surface area contributed by atoms with Gasteiger partial charge in [0.05, 0.1) is 6.20 Å². The molecule has 0 saturated heterocycles. The molecular formula is C16H18F2N2S. The lowest BCUT2D eigenvalue weighted by molar-refractivity contribution is 0.529. The molecule has 0 amide bonds. The fraction of sp³-hybridized carbons (Fsp3) is 0.312. The molecule has 1 heterocycles. The van der Waals surface area contributed by atoms with E-state index in [0.29, 0.717) is 16.2 Å². The fourth-order valence-corrected chi connectivity index (χ4v) is 3.01. The molecule has 2 nitrogen and oxygen atoms in total. The zero-order valence-corrected chi connectivity index (χ0v) is 12.7. The first-order chi connectivity index (χ1) is 10.2. The molecule has 0 aliphatic carbocycles. The molecule has 1 atom stereocenters. The van der Waals surface area contributed by atoms with Gasteiger partial charge in [0.1, 0.15) is 11.6 Å². The van der Waals surface area contributed by atoms with Gasteiger partial charge in [-0.2, -0.15) is 0 Å². The maximum absolute atomic E-state index is 13.9. The van der Waals surface area contributed by atoms with Crippen molar-refractivity contribution >= 4 is 11.8 Å². The van der Waals surface area contributed by atoms with E-state index in [9.17, 15) is 8.78 Å². The summed E-state index contributed by atoms with van der Waals surface area (Å²) >= 11 is 1.38. The molecule has 2 rings (SSSR count). The van der Waals surface area contributed by atoms with Crippen LogP contribution in [0.25, 0.3) is 0 Å². The van der Waals surface area contributed by atoms with Crippen molar-refractivity contribution in [3.8, 4) is 0 Å². The average Bonchev–Trinajstić information content (AvgIpc) is 2.50. The van der Waals surface area contributed by atoms with Gasteiger partial charge >= 0.3 is 0 Å². The molecule has 0 saturated carbocycles. The lowest BCUT2D eigenvalue weighted by Crippen LogP contribution is -2.25. The zero-order chi connectivity index (χ0) is 15.1. The molecule has 2 aromatic rings. The first-order valence-corrected chi connectivity index (χ1v) is 7.91. The van der Waals surface area contributed by atoms with Gasteiger partial charge in [0.2, 0.25) is 0 Å². The van der Waals surface area contributed by atoms with Crippen molar-refractivity contribution in [3.05, 3.63) is 59.9 Å². The molecule has 0 aliphatic heterocycles. The predicted molar refractivity (Wildman–Crippen MR) is 82.4 cm³/mol. The van der Waals surface area contributed by atoms with Crippen LogP contribution in [0.15, 0.2) is 47.6 Å². The Balaban J connectivity index is 2.10. The first-order valence-electron chi connectivity index (χ1n) is 6.92. The molecule has 1 N–H and O–H groups in total. The quantitative estimate of drug-likeness (QED) is 0.776. The Bertz CT molecular complexity index is 578. The van der Waals surface area contributed by atoms with Crippen molar-refractivity contribution in [2.24, 2.45) is 0 Å². The number of pyridine rings is 1. The van der Waals surface area contributed by atoms with Gasteiger partial charge in [-0.05, 0) is 31.2 Å². The number of aromatic nitrogens is 1. The minimum atomic E-state index is -0.333. The van der Waals surface area contributed by atoms with E-state index < -0.39 is 0 Å². The van der Waals surface area contributed by atoms with E-state index in [1.165, 1.54) is 24.0 Å². The molecule has 0 spiro atoms. The highest BCUT2D eigenvalue weighted by Gasteiger charge is 2.16. The van der Waals surface area contributed by atoms with Crippen molar-refractivity contribution in [1.82, 2.24) is 10.3 Å². The van der Waals surface area contributed by atoms with Crippen LogP contribution in [0.4, 0.5) is 8.78 Å². The van der Waals surface area contributed by atoms with Gasteiger partial charge in [-0.25, -0.2) is 8.78 Å². The SMILES string of the molecule is CCCNC(CSc1ccccc1F)c1ccncc1F. The van der Waals surface area contributed by atoms with E-state index in [1.807, 2.05) is 0 Å². The number of hydrogen-bond donors (Lipinski definition) is 1. The summed E-state index contributed by atoms with van der Waals surface area (Å²) in [5.74, 6) is -0.0193. The smallest absolute Gasteiger partial charge is 0.146 e. The summed E-state index contributed by atoms with van der Waals surface area (Å²) in [6.07, 6.45) is 3.74. The highest BCUT2D eigenvalue weighted by Crippen LogP contribution is 2.27. The molecule has 1 unspecified atom stereocenters. The fourth-order valence-electron chi connectivity index (χ4n) is 1.98. The van der Waals surface area contributed by atoms with Crippen LogP contribution in [0.2, 0.25) is 0 Å². The molecule has 0 bridgehead atoms. The normalized spacial score (nSPS) is 12.3. The van der Waals surface area contributed by atoms with Gasteiger partial charge in [0, 0.05) is 28.5 Å². The summed E-state index contributed by atoms with van der Waals surface area (Å²) < 4.78 is 27.5. The third kappa shape index (κ3) is 4.51. The van der Waals surface area contributed by atoms with E-state index in [4.69, 9.17) is 0 Å². The number of hydrogen-bond acceptors (Lipinski definition) is 3. The van der Waals surface area contributed by atoms with Crippen LogP contribution in [0.5, 0.6) is 0 Å². The first kappa shape index (κ1) is 15.9. The summed E-state index contributed by atoms with van der Waals surface area (Å²) in [6.45, 7) is 2.83. The number of benzene rings is 1. The zero-order valence-electron chi connectivity index (χ0n) is 11.9. The van der Waals surface area contributed by atoms with Crippen LogP contribution in [0.3, 0.4) is 0 Å². The van der Waals surface area contributed by atoms with E-state index in [-0.39, 0.29) is 17.7 Å². The summed E-state index contributed by atoms with van der Waals surface area (Å²) in [5.41, 5.74) is 0.572. The number of nitrogens with zero attached hydrogens (tertiary/aromatic N) is 1. The summed E-state index contributed by atoms with van der Waals surface area (Å²) in [7, 11) is 0. The van der Waals surface area contributed by atoms with Gasteiger partial charge in [-0.3, -0.25) is 4.98 Å². The van der Waals surface area contributed by atoms with Crippen LogP contribution >= 0.6 is 11.8 Å². The molecular weight excluding hydrogens is 290 g/mol. The molecule has 5 heteroatoms. The number of rotatable bonds is 7. The molecule has 112 valence electrons. The highest BCUT2D eigenvalue weighted by atomic mass is 32.2. The summed E-state index contributed by atoms with van der Waals surface area (Å²) in [6, 6.07) is 8.13. The molecule has 1 aromatic carbocycles. The summed E-state index contributed by atoms with van der Waals surface area (Å²) in [5, 5.41) is 3.31. The van der Waals surface area contributed by atoms with Crippen molar-refractivity contribution in [1.29, 1.82) is 0 Å². The minimum absolute atomic E-state index is 0.169. The van der Waals surface area contributed by atoms with Gasteiger partial charge in [-0.15, -0.1) is 11.8 Å². The van der Waals surface area contributed by atoms with Crippen LogP contribution in [-0.2, 0) is 0 Å². The second-order valence-electron chi connectivity index (χ2n) is 4.65. The lowest BCUT2D eigenvalue weighted by Gasteiger charge is -2.19. The van der Waals surface area contributed by atoms with E-state index in [0.717, 1.165) is 13.0 Å². The second-order valence-corrected chi connectivity index (χ2v) is 5.71. The van der Waals surface area contributed by atoms with Crippen molar-refractivity contribution < 1.29 is 8.78 Å².